The molecule has 90 valence electrons. The predicted molar refractivity (Wildman–Crippen MR) is 73.8 cm³/mol. The van der Waals surface area contributed by atoms with Gasteiger partial charge in [-0.3, -0.25) is 0 Å². The Bertz CT molecular complexity index is 435. The molecule has 0 amide bonds. The number of benzene rings is 1. The fraction of sp³-hybridized carbons (Fsp3) is 0.429. The fourth-order valence-electron chi connectivity index (χ4n) is 3.03. The fourth-order valence-corrected chi connectivity index (χ4v) is 3.56. The van der Waals surface area contributed by atoms with Crippen molar-refractivity contribution < 1.29 is 0 Å². The van der Waals surface area contributed by atoms with E-state index in [0.29, 0.717) is 10.0 Å². The number of rotatable bonds is 3. The van der Waals surface area contributed by atoms with E-state index in [9.17, 15) is 0 Å². The standard InChI is InChI=1S/C14H15Cl2N/c15-12-2-1-3-13(16)14(12)17-8-11-7-9-4-5-10(11)6-9/h1-5,9-11,17H,6-8H2. The van der Waals surface area contributed by atoms with Crippen LogP contribution >= 0.6 is 23.2 Å². The monoisotopic (exact) mass is 267 g/mol. The van der Waals surface area contributed by atoms with Gasteiger partial charge < -0.3 is 5.32 Å². The summed E-state index contributed by atoms with van der Waals surface area (Å²) in [7, 11) is 0. The summed E-state index contributed by atoms with van der Waals surface area (Å²) in [6.45, 7) is 0.967. The molecule has 3 unspecified atom stereocenters. The Hall–Kier alpha value is -0.660. The molecule has 17 heavy (non-hydrogen) atoms. The lowest BCUT2D eigenvalue weighted by Gasteiger charge is -2.20. The van der Waals surface area contributed by atoms with Crippen LogP contribution in [0.2, 0.25) is 10.0 Å². The maximum absolute atomic E-state index is 6.13. The lowest BCUT2D eigenvalue weighted by Crippen LogP contribution is -2.18. The zero-order valence-corrected chi connectivity index (χ0v) is 11.0. The summed E-state index contributed by atoms with van der Waals surface area (Å²) in [5.74, 6) is 2.31. The van der Waals surface area contributed by atoms with E-state index >= 15 is 0 Å². The molecule has 1 nitrogen and oxygen atoms in total. The normalized spacial score (nSPS) is 29.9. The second-order valence-electron chi connectivity index (χ2n) is 5.02. The minimum Gasteiger partial charge on any atom is -0.382 e. The number of fused-ring (bicyclic) bond motifs is 2. The molecule has 3 heteroatoms. The lowest BCUT2D eigenvalue weighted by molar-refractivity contribution is 0.472. The molecule has 2 aliphatic carbocycles. The largest absolute Gasteiger partial charge is 0.382 e. The first kappa shape index (κ1) is 11.4. The maximum Gasteiger partial charge on any atom is 0.0719 e. The molecule has 1 saturated carbocycles. The summed E-state index contributed by atoms with van der Waals surface area (Å²) in [5.41, 5.74) is 0.877. The van der Waals surface area contributed by atoms with Crippen LogP contribution in [0, 0.1) is 17.8 Å². The number of nitrogens with one attached hydrogen (secondary N) is 1. The van der Waals surface area contributed by atoms with E-state index in [4.69, 9.17) is 23.2 Å². The average molecular weight is 268 g/mol. The SMILES string of the molecule is Clc1cccc(Cl)c1NCC1CC2C=CC1C2. The van der Waals surface area contributed by atoms with Crippen molar-refractivity contribution in [2.75, 3.05) is 11.9 Å². The van der Waals surface area contributed by atoms with Crippen molar-refractivity contribution in [3.8, 4) is 0 Å². The molecule has 2 aliphatic rings. The topological polar surface area (TPSA) is 12.0 Å². The summed E-state index contributed by atoms with van der Waals surface area (Å²) >= 11 is 12.3. The summed E-state index contributed by atoms with van der Waals surface area (Å²) in [6.07, 6.45) is 7.37. The molecule has 2 bridgehead atoms. The average Bonchev–Trinajstić information content (AvgIpc) is 2.90. The van der Waals surface area contributed by atoms with Gasteiger partial charge in [-0.25, -0.2) is 0 Å². The van der Waals surface area contributed by atoms with Crippen LogP contribution in [0.1, 0.15) is 12.8 Å². The first-order valence-corrected chi connectivity index (χ1v) is 6.86. The smallest absolute Gasteiger partial charge is 0.0719 e. The molecule has 0 aliphatic heterocycles. The van der Waals surface area contributed by atoms with E-state index in [-0.39, 0.29) is 0 Å². The Morgan fingerprint density at radius 2 is 1.88 bits per heavy atom. The molecule has 0 aromatic heterocycles. The second kappa shape index (κ2) is 4.55. The third-order valence-corrected chi connectivity index (χ3v) is 4.55. The molecule has 0 spiro atoms. The molecule has 0 heterocycles. The molecule has 1 fully saturated rings. The third-order valence-electron chi connectivity index (χ3n) is 3.92. The van der Waals surface area contributed by atoms with Gasteiger partial charge in [0.25, 0.3) is 0 Å². The van der Waals surface area contributed by atoms with Crippen molar-refractivity contribution in [3.05, 3.63) is 40.4 Å². The number of allylic oxidation sites excluding steroid dienone is 2. The number of anilines is 1. The highest BCUT2D eigenvalue weighted by Gasteiger charge is 2.35. The van der Waals surface area contributed by atoms with Gasteiger partial charge >= 0.3 is 0 Å². The Morgan fingerprint density at radius 3 is 2.47 bits per heavy atom. The molecular formula is C14H15Cl2N. The lowest BCUT2D eigenvalue weighted by atomic mass is 9.93. The number of para-hydroxylation sites is 1. The minimum absolute atomic E-state index is 0.705. The van der Waals surface area contributed by atoms with Crippen molar-refractivity contribution in [3.63, 3.8) is 0 Å². The van der Waals surface area contributed by atoms with Gasteiger partial charge in [0, 0.05) is 6.54 Å². The van der Waals surface area contributed by atoms with Crippen molar-refractivity contribution in [2.45, 2.75) is 12.8 Å². The first-order chi connectivity index (χ1) is 8.24. The molecule has 1 aromatic rings. The van der Waals surface area contributed by atoms with Gasteiger partial charge in [-0.1, -0.05) is 41.4 Å². The Labute approximate surface area is 112 Å². The Kier molecular flexibility index (Phi) is 3.06. The van der Waals surface area contributed by atoms with Crippen molar-refractivity contribution in [1.82, 2.24) is 0 Å². The van der Waals surface area contributed by atoms with Gasteiger partial charge in [0.1, 0.15) is 0 Å². The van der Waals surface area contributed by atoms with E-state index in [1.54, 1.807) is 0 Å². The minimum atomic E-state index is 0.705. The summed E-state index contributed by atoms with van der Waals surface area (Å²) in [5, 5.41) is 4.82. The quantitative estimate of drug-likeness (QED) is 0.789. The van der Waals surface area contributed by atoms with E-state index in [2.05, 4.69) is 17.5 Å². The van der Waals surface area contributed by atoms with E-state index in [1.807, 2.05) is 18.2 Å². The van der Waals surface area contributed by atoms with Gasteiger partial charge in [-0.15, -0.1) is 0 Å². The van der Waals surface area contributed by atoms with Crippen LogP contribution in [0.3, 0.4) is 0 Å². The predicted octanol–water partition coefficient (Wildman–Crippen LogP) is 4.62. The summed E-state index contributed by atoms with van der Waals surface area (Å²) in [4.78, 5) is 0. The van der Waals surface area contributed by atoms with Gasteiger partial charge in [0.05, 0.1) is 15.7 Å². The van der Waals surface area contributed by atoms with Crippen LogP contribution in [0.15, 0.2) is 30.4 Å². The molecule has 1 N–H and O–H groups in total. The highest BCUT2D eigenvalue weighted by molar-refractivity contribution is 6.39. The third kappa shape index (κ3) is 2.19. The first-order valence-electron chi connectivity index (χ1n) is 6.10. The summed E-state index contributed by atoms with van der Waals surface area (Å²) in [6, 6.07) is 5.61. The van der Waals surface area contributed by atoms with Gasteiger partial charge in [0.2, 0.25) is 0 Å². The van der Waals surface area contributed by atoms with Crippen LogP contribution in [0.4, 0.5) is 5.69 Å². The van der Waals surface area contributed by atoms with E-state index < -0.39 is 0 Å². The van der Waals surface area contributed by atoms with E-state index in [0.717, 1.165) is 30.0 Å². The Balaban J connectivity index is 1.66. The van der Waals surface area contributed by atoms with Gasteiger partial charge in [0.15, 0.2) is 0 Å². The molecular weight excluding hydrogens is 253 g/mol. The van der Waals surface area contributed by atoms with Crippen LogP contribution < -0.4 is 5.32 Å². The summed E-state index contributed by atoms with van der Waals surface area (Å²) < 4.78 is 0. The van der Waals surface area contributed by atoms with Crippen LogP contribution in [0.5, 0.6) is 0 Å². The van der Waals surface area contributed by atoms with Crippen LogP contribution in [0.25, 0.3) is 0 Å². The zero-order chi connectivity index (χ0) is 11.8. The van der Waals surface area contributed by atoms with E-state index in [1.165, 1.54) is 12.8 Å². The zero-order valence-electron chi connectivity index (χ0n) is 9.50. The molecule has 0 saturated heterocycles. The van der Waals surface area contributed by atoms with Crippen molar-refractivity contribution >= 4 is 28.9 Å². The van der Waals surface area contributed by atoms with Crippen LogP contribution in [-0.2, 0) is 0 Å². The van der Waals surface area contributed by atoms with Crippen molar-refractivity contribution in [2.24, 2.45) is 17.8 Å². The number of hydrogen-bond acceptors (Lipinski definition) is 1. The molecule has 0 radical (unpaired) electrons. The maximum atomic E-state index is 6.13. The number of halogens is 2. The highest BCUT2D eigenvalue weighted by Crippen LogP contribution is 2.43. The second-order valence-corrected chi connectivity index (χ2v) is 5.83. The van der Waals surface area contributed by atoms with Gasteiger partial charge in [-0.05, 0) is 42.7 Å². The molecule has 3 rings (SSSR count). The van der Waals surface area contributed by atoms with Crippen LogP contribution in [-0.4, -0.2) is 6.54 Å². The molecule has 1 aromatic carbocycles. The van der Waals surface area contributed by atoms with Crippen molar-refractivity contribution in [1.29, 1.82) is 0 Å². The van der Waals surface area contributed by atoms with Gasteiger partial charge in [-0.2, -0.15) is 0 Å². The molecule has 3 atom stereocenters. The number of hydrogen-bond donors (Lipinski definition) is 1. The highest BCUT2D eigenvalue weighted by atomic mass is 35.5. The Morgan fingerprint density at radius 1 is 1.12 bits per heavy atom.